The molecule has 3 aromatic rings. The van der Waals surface area contributed by atoms with Crippen molar-refractivity contribution in [3.8, 4) is 11.3 Å². The lowest BCUT2D eigenvalue weighted by molar-refractivity contribution is -0.129. The largest absolute Gasteiger partial charge is 0.457 e. The summed E-state index contributed by atoms with van der Waals surface area (Å²) in [5.74, 6) is -1.33. The number of para-hydroxylation sites is 1. The highest BCUT2D eigenvalue weighted by Gasteiger charge is 2.42. The van der Waals surface area contributed by atoms with Gasteiger partial charge in [0.1, 0.15) is 22.9 Å². The summed E-state index contributed by atoms with van der Waals surface area (Å²) in [6.07, 6.45) is 1.29. The molecule has 0 unspecified atom stereocenters. The van der Waals surface area contributed by atoms with E-state index in [9.17, 15) is 18.8 Å². The summed E-state index contributed by atoms with van der Waals surface area (Å²) in [5.41, 5.74) is 0.617. The Kier molecular flexibility index (Phi) is 5.96. The zero-order valence-corrected chi connectivity index (χ0v) is 17.2. The van der Waals surface area contributed by atoms with Crippen molar-refractivity contribution in [3.63, 3.8) is 0 Å². The monoisotopic (exact) mass is 434 g/mol. The van der Waals surface area contributed by atoms with Crippen LogP contribution in [0.2, 0.25) is 0 Å². The molecule has 1 aliphatic heterocycles. The van der Waals surface area contributed by atoms with E-state index in [2.05, 4.69) is 0 Å². The quantitative estimate of drug-likeness (QED) is 0.431. The number of anilines is 1. The van der Waals surface area contributed by atoms with E-state index in [4.69, 9.17) is 9.15 Å². The predicted molar refractivity (Wildman–Crippen MR) is 115 cm³/mol. The molecule has 0 saturated carbocycles. The summed E-state index contributed by atoms with van der Waals surface area (Å²) < 4.78 is 24.2. The molecule has 1 aromatic heterocycles. The van der Waals surface area contributed by atoms with Crippen molar-refractivity contribution in [2.45, 2.75) is 0 Å². The molecule has 0 N–H and O–H groups in total. The van der Waals surface area contributed by atoms with E-state index in [1.807, 2.05) is 0 Å². The topological polar surface area (TPSA) is 80.1 Å². The van der Waals surface area contributed by atoms with Gasteiger partial charge >= 0.3 is 6.03 Å². The third-order valence-electron chi connectivity index (χ3n) is 4.89. The third-order valence-corrected chi connectivity index (χ3v) is 4.89. The number of carbonyl (C=O) groups excluding carboxylic acids is 3. The highest BCUT2D eigenvalue weighted by molar-refractivity contribution is 6.39. The first kappa shape index (κ1) is 21.2. The van der Waals surface area contributed by atoms with E-state index in [1.165, 1.54) is 25.3 Å². The number of hydrogen-bond acceptors (Lipinski definition) is 5. The fourth-order valence-electron chi connectivity index (χ4n) is 3.33. The number of furan rings is 1. The Bertz CT molecular complexity index is 1200. The Morgan fingerprint density at radius 2 is 1.75 bits per heavy atom. The minimum atomic E-state index is -0.761. The van der Waals surface area contributed by atoms with Crippen LogP contribution in [0.5, 0.6) is 0 Å². The van der Waals surface area contributed by atoms with Gasteiger partial charge in [0.15, 0.2) is 0 Å². The lowest BCUT2D eigenvalue weighted by Crippen LogP contribution is -2.57. The maximum Gasteiger partial charge on any atom is 0.338 e. The number of ether oxygens (including phenoxy) is 1. The molecule has 2 heterocycles. The molecule has 0 atom stereocenters. The van der Waals surface area contributed by atoms with Crippen molar-refractivity contribution >= 4 is 29.6 Å². The molecule has 162 valence electrons. The molecule has 0 radical (unpaired) electrons. The second-order valence-corrected chi connectivity index (χ2v) is 6.98. The van der Waals surface area contributed by atoms with E-state index in [1.54, 1.807) is 54.6 Å². The molecule has 1 aliphatic rings. The molecule has 32 heavy (non-hydrogen) atoms. The maximum absolute atomic E-state index is 13.5. The molecule has 4 rings (SSSR count). The summed E-state index contributed by atoms with van der Waals surface area (Å²) >= 11 is 0. The van der Waals surface area contributed by atoms with Crippen molar-refractivity contribution < 1.29 is 27.9 Å². The number of rotatable bonds is 6. The van der Waals surface area contributed by atoms with Gasteiger partial charge in [-0.1, -0.05) is 30.3 Å². The molecular formula is C24H19FN2O5. The van der Waals surface area contributed by atoms with Crippen molar-refractivity contribution in [3.05, 3.63) is 83.9 Å². The lowest BCUT2D eigenvalue weighted by Gasteiger charge is -2.33. The zero-order valence-electron chi connectivity index (χ0n) is 17.2. The summed E-state index contributed by atoms with van der Waals surface area (Å²) in [5, 5.41) is 0. The van der Waals surface area contributed by atoms with Crippen LogP contribution in [0.25, 0.3) is 17.4 Å². The normalized spacial score (nSPS) is 15.7. The van der Waals surface area contributed by atoms with Crippen LogP contribution >= 0.6 is 0 Å². The number of imide groups is 2. The number of halogens is 1. The van der Waals surface area contributed by atoms with E-state index >= 15 is 0 Å². The Balaban J connectivity index is 1.73. The molecular weight excluding hydrogens is 415 g/mol. The first-order valence-corrected chi connectivity index (χ1v) is 9.81. The van der Waals surface area contributed by atoms with Gasteiger partial charge in [0.2, 0.25) is 0 Å². The van der Waals surface area contributed by atoms with Crippen molar-refractivity contribution in [2.75, 3.05) is 25.2 Å². The number of hydrogen-bond donors (Lipinski definition) is 0. The SMILES string of the molecule is COCCN1C(=O)/C(=C/c2ccc(-c3cccc(F)c3)o2)C(=O)N(c2ccccc2)C1=O. The molecule has 0 aliphatic carbocycles. The Morgan fingerprint density at radius 1 is 0.969 bits per heavy atom. The summed E-state index contributed by atoms with van der Waals surface area (Å²) in [6, 6.07) is 16.6. The molecule has 8 heteroatoms. The van der Waals surface area contributed by atoms with E-state index in [0.29, 0.717) is 17.0 Å². The van der Waals surface area contributed by atoms with Gasteiger partial charge in [-0.15, -0.1) is 0 Å². The van der Waals surface area contributed by atoms with Crippen LogP contribution in [0, 0.1) is 5.82 Å². The van der Waals surface area contributed by atoms with Crippen LogP contribution in [-0.4, -0.2) is 43.0 Å². The number of urea groups is 1. The van der Waals surface area contributed by atoms with Gasteiger partial charge in [0, 0.05) is 12.7 Å². The minimum Gasteiger partial charge on any atom is -0.457 e. The fraction of sp³-hybridized carbons (Fsp3) is 0.125. The number of methoxy groups -OCH3 is 1. The van der Waals surface area contributed by atoms with E-state index < -0.39 is 23.7 Å². The number of carbonyl (C=O) groups is 3. The van der Waals surface area contributed by atoms with Crippen molar-refractivity contribution in [2.24, 2.45) is 0 Å². The highest BCUT2D eigenvalue weighted by atomic mass is 19.1. The fourth-order valence-corrected chi connectivity index (χ4v) is 3.33. The molecule has 4 amide bonds. The summed E-state index contributed by atoms with van der Waals surface area (Å²) in [4.78, 5) is 41.0. The summed E-state index contributed by atoms with van der Waals surface area (Å²) in [7, 11) is 1.45. The minimum absolute atomic E-state index is 0.0190. The van der Waals surface area contributed by atoms with Crippen LogP contribution in [0.15, 0.2) is 76.7 Å². The van der Waals surface area contributed by atoms with Gasteiger partial charge < -0.3 is 9.15 Å². The van der Waals surface area contributed by atoms with Crippen molar-refractivity contribution in [1.29, 1.82) is 0 Å². The van der Waals surface area contributed by atoms with Crippen LogP contribution < -0.4 is 4.90 Å². The highest BCUT2D eigenvalue weighted by Crippen LogP contribution is 2.28. The van der Waals surface area contributed by atoms with Gasteiger partial charge in [-0.2, -0.15) is 0 Å². The average Bonchev–Trinajstić information content (AvgIpc) is 3.26. The Labute approximate surface area is 183 Å². The smallest absolute Gasteiger partial charge is 0.338 e. The number of nitrogens with zero attached hydrogens (tertiary/aromatic N) is 2. The number of barbiturate groups is 1. The van der Waals surface area contributed by atoms with Gasteiger partial charge in [-0.3, -0.25) is 14.5 Å². The molecule has 1 fully saturated rings. The van der Waals surface area contributed by atoms with Gasteiger partial charge in [0.25, 0.3) is 11.8 Å². The van der Waals surface area contributed by atoms with E-state index in [0.717, 1.165) is 9.80 Å². The molecule has 2 aromatic carbocycles. The molecule has 1 saturated heterocycles. The maximum atomic E-state index is 13.5. The van der Waals surface area contributed by atoms with Gasteiger partial charge in [0.05, 0.1) is 18.8 Å². The first-order chi connectivity index (χ1) is 15.5. The third kappa shape index (κ3) is 4.08. The lowest BCUT2D eigenvalue weighted by atomic mass is 10.1. The van der Waals surface area contributed by atoms with Crippen LogP contribution in [0.3, 0.4) is 0 Å². The second-order valence-electron chi connectivity index (χ2n) is 6.98. The van der Waals surface area contributed by atoms with Crippen LogP contribution in [-0.2, 0) is 14.3 Å². The van der Waals surface area contributed by atoms with Crippen LogP contribution in [0.4, 0.5) is 14.9 Å². The molecule has 0 bridgehead atoms. The average molecular weight is 434 g/mol. The predicted octanol–water partition coefficient (Wildman–Crippen LogP) is 4.11. The summed E-state index contributed by atoms with van der Waals surface area (Å²) in [6.45, 7) is 0.0981. The number of benzene rings is 2. The zero-order chi connectivity index (χ0) is 22.7. The first-order valence-electron chi connectivity index (χ1n) is 9.81. The molecule has 7 nitrogen and oxygen atoms in total. The van der Waals surface area contributed by atoms with Crippen LogP contribution in [0.1, 0.15) is 5.76 Å². The van der Waals surface area contributed by atoms with Crippen molar-refractivity contribution in [1.82, 2.24) is 4.90 Å². The van der Waals surface area contributed by atoms with Gasteiger partial charge in [-0.25, -0.2) is 14.1 Å². The Morgan fingerprint density at radius 3 is 2.47 bits per heavy atom. The Hall–Kier alpha value is -4.04. The van der Waals surface area contributed by atoms with Gasteiger partial charge in [-0.05, 0) is 42.5 Å². The second kappa shape index (κ2) is 8.99. The molecule has 0 spiro atoms. The number of amides is 4. The standard InChI is InChI=1S/C24H19FN2O5/c1-31-13-12-26-22(28)20(23(29)27(24(26)30)18-8-3-2-4-9-18)15-19-10-11-21(32-19)16-6-5-7-17(25)14-16/h2-11,14-15H,12-13H2,1H3/b20-15-. The van der Waals surface area contributed by atoms with E-state index in [-0.39, 0.29) is 24.5 Å².